The molecular weight excluding hydrogens is 425 g/mol. The molecule has 0 bridgehead atoms. The van der Waals surface area contributed by atoms with Crippen LogP contribution in [0.15, 0.2) is 48.7 Å². The molecule has 3 aromatic rings. The van der Waals surface area contributed by atoms with E-state index in [0.29, 0.717) is 18.2 Å². The molecule has 5 heteroatoms. The topological polar surface area (TPSA) is 57.2 Å². The Bertz CT molecular complexity index is 880. The number of rotatable bonds is 6. The van der Waals surface area contributed by atoms with E-state index < -0.39 is 0 Å². The van der Waals surface area contributed by atoms with E-state index in [1.54, 1.807) is 6.07 Å². The second kappa shape index (κ2) is 8.01. The van der Waals surface area contributed by atoms with E-state index in [2.05, 4.69) is 70.3 Å². The minimum absolute atomic E-state index is 0.316. The van der Waals surface area contributed by atoms with E-state index in [-0.39, 0.29) is 0 Å². The fourth-order valence-corrected chi connectivity index (χ4v) is 3.16. The Hall–Kier alpha value is -1.86. The first-order valence-electron chi connectivity index (χ1n) is 8.37. The molecule has 0 aliphatic rings. The number of pyridine rings is 1. The maximum Gasteiger partial charge on any atom is 0.120 e. The van der Waals surface area contributed by atoms with Gasteiger partial charge in [0.15, 0.2) is 0 Å². The van der Waals surface area contributed by atoms with Gasteiger partial charge in [-0.25, -0.2) is 0 Å². The Kier molecular flexibility index (Phi) is 5.75. The number of aromatic nitrogens is 1. The van der Waals surface area contributed by atoms with Crippen molar-refractivity contribution in [3.05, 3.63) is 57.8 Å². The van der Waals surface area contributed by atoms with Crippen LogP contribution >= 0.6 is 22.6 Å². The zero-order chi connectivity index (χ0) is 17.8. The van der Waals surface area contributed by atoms with Gasteiger partial charge >= 0.3 is 0 Å². The van der Waals surface area contributed by atoms with Gasteiger partial charge in [0.2, 0.25) is 0 Å². The molecule has 0 aliphatic heterocycles. The van der Waals surface area contributed by atoms with E-state index >= 15 is 0 Å². The number of phenols is 1. The van der Waals surface area contributed by atoms with E-state index in [4.69, 9.17) is 0 Å². The highest BCUT2D eigenvalue weighted by Crippen LogP contribution is 2.28. The molecule has 0 fully saturated rings. The first kappa shape index (κ1) is 17.9. The van der Waals surface area contributed by atoms with Crippen LogP contribution in [0.3, 0.4) is 0 Å². The summed E-state index contributed by atoms with van der Waals surface area (Å²) in [4.78, 5) is 4.44. The highest BCUT2D eigenvalue weighted by Gasteiger charge is 2.06. The van der Waals surface area contributed by atoms with Crippen molar-refractivity contribution >= 4 is 44.9 Å². The van der Waals surface area contributed by atoms with Crippen LogP contribution in [-0.4, -0.2) is 16.6 Å². The van der Waals surface area contributed by atoms with Crippen LogP contribution in [0.1, 0.15) is 19.4 Å². The Morgan fingerprint density at radius 3 is 2.76 bits per heavy atom. The van der Waals surface area contributed by atoms with Crippen LogP contribution in [0.4, 0.5) is 11.4 Å². The number of anilines is 2. The summed E-state index contributed by atoms with van der Waals surface area (Å²) in [5.74, 6) is 0.894. The minimum atomic E-state index is 0.316. The normalized spacial score (nSPS) is 11.2. The molecule has 0 amide bonds. The van der Waals surface area contributed by atoms with E-state index in [9.17, 15) is 5.11 Å². The van der Waals surface area contributed by atoms with Gasteiger partial charge in [0, 0.05) is 38.6 Å². The number of nitrogens with zero attached hydrogens (tertiary/aromatic N) is 1. The Balaban J connectivity index is 1.83. The highest BCUT2D eigenvalue weighted by molar-refractivity contribution is 14.1. The molecule has 0 spiro atoms. The summed E-state index contributed by atoms with van der Waals surface area (Å²) in [6.45, 7) is 5.90. The number of hydrogen-bond donors (Lipinski definition) is 3. The molecule has 0 radical (unpaired) electrons. The van der Waals surface area contributed by atoms with E-state index in [1.165, 1.54) is 0 Å². The summed E-state index contributed by atoms with van der Waals surface area (Å²) >= 11 is 2.29. The number of phenolic OH excluding ortho intramolecular Hbond substituents is 1. The number of hydrogen-bond acceptors (Lipinski definition) is 4. The van der Waals surface area contributed by atoms with Crippen LogP contribution in [-0.2, 0) is 6.54 Å². The van der Waals surface area contributed by atoms with E-state index in [0.717, 1.165) is 38.0 Å². The third-order valence-electron chi connectivity index (χ3n) is 3.93. The van der Waals surface area contributed by atoms with Crippen molar-refractivity contribution in [3.8, 4) is 5.75 Å². The average molecular weight is 447 g/mol. The fourth-order valence-electron chi connectivity index (χ4n) is 2.69. The molecule has 25 heavy (non-hydrogen) atoms. The Morgan fingerprint density at radius 1 is 1.12 bits per heavy atom. The van der Waals surface area contributed by atoms with Gasteiger partial charge < -0.3 is 15.7 Å². The van der Waals surface area contributed by atoms with Crippen molar-refractivity contribution in [2.45, 2.75) is 20.4 Å². The standard InChI is InChI=1S/C20H22IN3O/c1-13(2)11-22-12-14-9-16(4-6-20(14)25)24-18-7-8-23-19-10-15(21)3-5-17(18)19/h3-10,13,22,25H,11-12H2,1-2H3,(H,23,24). The molecule has 0 atom stereocenters. The third kappa shape index (κ3) is 4.61. The molecule has 4 nitrogen and oxygen atoms in total. The molecule has 130 valence electrons. The van der Waals surface area contributed by atoms with Crippen molar-refractivity contribution in [3.63, 3.8) is 0 Å². The fraction of sp³-hybridized carbons (Fsp3) is 0.250. The lowest BCUT2D eigenvalue weighted by atomic mass is 10.1. The first-order chi connectivity index (χ1) is 12.0. The van der Waals surface area contributed by atoms with Crippen molar-refractivity contribution in [1.82, 2.24) is 10.3 Å². The highest BCUT2D eigenvalue weighted by atomic mass is 127. The van der Waals surface area contributed by atoms with Crippen LogP contribution in [0.2, 0.25) is 0 Å². The zero-order valence-electron chi connectivity index (χ0n) is 14.4. The van der Waals surface area contributed by atoms with Gasteiger partial charge in [-0.1, -0.05) is 13.8 Å². The first-order valence-corrected chi connectivity index (χ1v) is 9.44. The molecule has 1 heterocycles. The predicted molar refractivity (Wildman–Crippen MR) is 112 cm³/mol. The summed E-state index contributed by atoms with van der Waals surface area (Å²) in [5.41, 5.74) is 3.81. The van der Waals surface area contributed by atoms with Gasteiger partial charge in [-0.05, 0) is 77.5 Å². The molecule has 3 N–H and O–H groups in total. The lowest BCUT2D eigenvalue weighted by Gasteiger charge is -2.13. The second-order valence-corrected chi connectivity index (χ2v) is 7.76. The molecule has 3 rings (SSSR count). The number of aromatic hydroxyl groups is 1. The summed E-state index contributed by atoms with van der Waals surface area (Å²) in [6, 6.07) is 13.8. The van der Waals surface area contributed by atoms with Gasteiger partial charge in [0.05, 0.1) is 5.52 Å². The summed E-state index contributed by atoms with van der Waals surface area (Å²) < 4.78 is 1.16. The maximum absolute atomic E-state index is 10.1. The predicted octanol–water partition coefficient (Wildman–Crippen LogP) is 5.03. The van der Waals surface area contributed by atoms with Crippen molar-refractivity contribution < 1.29 is 5.11 Å². The Labute approximate surface area is 161 Å². The molecule has 0 aliphatic carbocycles. The number of fused-ring (bicyclic) bond motifs is 1. The molecule has 1 aromatic heterocycles. The number of nitrogens with one attached hydrogen (secondary N) is 2. The maximum atomic E-state index is 10.1. The Morgan fingerprint density at radius 2 is 1.96 bits per heavy atom. The SMILES string of the molecule is CC(C)CNCc1cc(Nc2ccnc3cc(I)ccc23)ccc1O. The monoisotopic (exact) mass is 447 g/mol. The molecule has 0 saturated heterocycles. The summed E-state index contributed by atoms with van der Waals surface area (Å²) in [6.07, 6.45) is 1.81. The number of benzene rings is 2. The van der Waals surface area contributed by atoms with Gasteiger partial charge in [-0.15, -0.1) is 0 Å². The van der Waals surface area contributed by atoms with Crippen molar-refractivity contribution in [2.75, 3.05) is 11.9 Å². The van der Waals surface area contributed by atoms with Crippen LogP contribution < -0.4 is 10.6 Å². The molecule has 2 aromatic carbocycles. The lowest BCUT2D eigenvalue weighted by molar-refractivity contribution is 0.461. The molecule has 0 saturated carbocycles. The lowest BCUT2D eigenvalue weighted by Crippen LogP contribution is -2.19. The van der Waals surface area contributed by atoms with Crippen molar-refractivity contribution in [2.24, 2.45) is 5.92 Å². The van der Waals surface area contributed by atoms with Crippen LogP contribution in [0.25, 0.3) is 10.9 Å². The zero-order valence-corrected chi connectivity index (χ0v) is 16.5. The quantitative estimate of drug-likeness (QED) is 0.366. The minimum Gasteiger partial charge on any atom is -0.508 e. The van der Waals surface area contributed by atoms with Gasteiger partial charge in [0.25, 0.3) is 0 Å². The van der Waals surface area contributed by atoms with Crippen LogP contribution in [0, 0.1) is 9.49 Å². The molecular formula is C20H22IN3O. The van der Waals surface area contributed by atoms with Gasteiger partial charge in [-0.3, -0.25) is 4.98 Å². The van der Waals surface area contributed by atoms with Gasteiger partial charge in [0.1, 0.15) is 5.75 Å². The largest absolute Gasteiger partial charge is 0.508 e. The smallest absolute Gasteiger partial charge is 0.120 e. The second-order valence-electron chi connectivity index (χ2n) is 6.51. The van der Waals surface area contributed by atoms with Gasteiger partial charge in [-0.2, -0.15) is 0 Å². The molecule has 0 unspecified atom stereocenters. The number of halogens is 1. The van der Waals surface area contributed by atoms with E-state index in [1.807, 2.05) is 24.4 Å². The summed E-state index contributed by atoms with van der Waals surface area (Å²) in [7, 11) is 0. The van der Waals surface area contributed by atoms with Crippen molar-refractivity contribution in [1.29, 1.82) is 0 Å². The average Bonchev–Trinajstić information content (AvgIpc) is 2.57. The summed E-state index contributed by atoms with van der Waals surface area (Å²) in [5, 5.41) is 18.0. The third-order valence-corrected chi connectivity index (χ3v) is 4.60. The van der Waals surface area contributed by atoms with Crippen LogP contribution in [0.5, 0.6) is 5.75 Å².